The minimum Gasteiger partial charge on any atom is -0.507 e. The lowest BCUT2D eigenvalue weighted by Gasteiger charge is -2.09. The van der Waals surface area contributed by atoms with Crippen LogP contribution in [0.25, 0.3) is 5.76 Å². The van der Waals surface area contributed by atoms with Crippen molar-refractivity contribution in [3.8, 4) is 11.5 Å². The Morgan fingerprint density at radius 3 is 2.36 bits per heavy atom. The summed E-state index contributed by atoms with van der Waals surface area (Å²) in [5.41, 5.74) is 1.91. The lowest BCUT2D eigenvalue weighted by molar-refractivity contribution is 0.104. The molecule has 4 heteroatoms. The van der Waals surface area contributed by atoms with Gasteiger partial charge in [0, 0.05) is 17.2 Å². The predicted octanol–water partition coefficient (Wildman–Crippen LogP) is 3.79. The van der Waals surface area contributed by atoms with E-state index in [0.717, 1.165) is 5.56 Å². The summed E-state index contributed by atoms with van der Waals surface area (Å²) in [6.07, 6.45) is 1.21. The number of aryl methyl sites for hydroxylation is 1. The molecule has 114 valence electrons. The van der Waals surface area contributed by atoms with Crippen LogP contribution < -0.4 is 9.47 Å². The zero-order valence-corrected chi connectivity index (χ0v) is 12.8. The number of aliphatic hydroxyl groups excluding tert-OH is 1. The second-order valence-electron chi connectivity index (χ2n) is 4.78. The summed E-state index contributed by atoms with van der Waals surface area (Å²) >= 11 is 0. The number of methoxy groups -OCH3 is 2. The van der Waals surface area contributed by atoms with Crippen LogP contribution in [0.3, 0.4) is 0 Å². The summed E-state index contributed by atoms with van der Waals surface area (Å²) in [6, 6.07) is 12.2. The number of aliphatic hydroxyl groups is 1. The van der Waals surface area contributed by atoms with Gasteiger partial charge in [-0.3, -0.25) is 4.79 Å². The Kier molecular flexibility index (Phi) is 4.84. The van der Waals surface area contributed by atoms with Crippen molar-refractivity contribution >= 4 is 11.5 Å². The Hall–Kier alpha value is -2.75. The van der Waals surface area contributed by atoms with Crippen LogP contribution in [-0.2, 0) is 0 Å². The number of carbonyl (C=O) groups excluding carboxylic acids is 1. The van der Waals surface area contributed by atoms with Crippen molar-refractivity contribution in [2.45, 2.75) is 6.92 Å². The largest absolute Gasteiger partial charge is 0.507 e. The number of hydrogen-bond donors (Lipinski definition) is 1. The first-order valence-corrected chi connectivity index (χ1v) is 6.80. The van der Waals surface area contributed by atoms with Crippen molar-refractivity contribution in [1.82, 2.24) is 0 Å². The van der Waals surface area contributed by atoms with Crippen molar-refractivity contribution < 1.29 is 19.4 Å². The van der Waals surface area contributed by atoms with E-state index in [1.165, 1.54) is 20.3 Å². The maximum absolute atomic E-state index is 12.2. The van der Waals surface area contributed by atoms with Crippen LogP contribution in [0.4, 0.5) is 0 Å². The van der Waals surface area contributed by atoms with E-state index < -0.39 is 0 Å². The van der Waals surface area contributed by atoms with Crippen LogP contribution in [0.5, 0.6) is 11.5 Å². The zero-order chi connectivity index (χ0) is 16.1. The van der Waals surface area contributed by atoms with Gasteiger partial charge in [0.2, 0.25) is 0 Å². The summed E-state index contributed by atoms with van der Waals surface area (Å²) in [4.78, 5) is 12.2. The fourth-order valence-corrected chi connectivity index (χ4v) is 2.13. The molecule has 0 aliphatic rings. The van der Waals surface area contributed by atoms with Crippen LogP contribution in [-0.4, -0.2) is 25.1 Å². The second kappa shape index (κ2) is 6.80. The number of rotatable bonds is 5. The van der Waals surface area contributed by atoms with Gasteiger partial charge in [-0.2, -0.15) is 0 Å². The zero-order valence-electron chi connectivity index (χ0n) is 12.8. The number of allylic oxidation sites excluding steroid dienone is 1. The Bertz CT molecular complexity index is 717. The molecule has 2 aromatic carbocycles. The second-order valence-corrected chi connectivity index (χ2v) is 4.78. The fraction of sp³-hybridized carbons (Fsp3) is 0.167. The lowest BCUT2D eigenvalue weighted by Crippen LogP contribution is -1.99. The van der Waals surface area contributed by atoms with E-state index in [1.54, 1.807) is 30.3 Å². The van der Waals surface area contributed by atoms with Gasteiger partial charge in [0.25, 0.3) is 0 Å². The van der Waals surface area contributed by atoms with Gasteiger partial charge in [0.1, 0.15) is 5.76 Å². The molecule has 22 heavy (non-hydrogen) atoms. The molecule has 0 fully saturated rings. The molecule has 1 N–H and O–H groups in total. The van der Waals surface area contributed by atoms with Gasteiger partial charge in [-0.25, -0.2) is 0 Å². The monoisotopic (exact) mass is 298 g/mol. The number of carbonyl (C=O) groups is 1. The summed E-state index contributed by atoms with van der Waals surface area (Å²) in [6.45, 7) is 1.86. The third kappa shape index (κ3) is 3.28. The molecule has 0 radical (unpaired) electrons. The SMILES string of the molecule is COc1ccc(C(O)=CC(=O)c2ccccc2C)cc1OC. The topological polar surface area (TPSA) is 55.8 Å². The molecular formula is C18H18O4. The van der Waals surface area contributed by atoms with Gasteiger partial charge in [0.05, 0.1) is 14.2 Å². The minimum atomic E-state index is -0.245. The van der Waals surface area contributed by atoms with Crippen molar-refractivity contribution in [2.24, 2.45) is 0 Å². The Balaban J connectivity index is 2.33. The molecule has 0 amide bonds. The van der Waals surface area contributed by atoms with Gasteiger partial charge < -0.3 is 14.6 Å². The van der Waals surface area contributed by atoms with Crippen LogP contribution in [0.15, 0.2) is 48.5 Å². The highest BCUT2D eigenvalue weighted by Crippen LogP contribution is 2.29. The van der Waals surface area contributed by atoms with E-state index >= 15 is 0 Å². The van der Waals surface area contributed by atoms with E-state index in [-0.39, 0.29) is 11.5 Å². The maximum Gasteiger partial charge on any atom is 0.189 e. The Labute approximate surface area is 129 Å². The van der Waals surface area contributed by atoms with Gasteiger partial charge in [-0.05, 0) is 30.7 Å². The molecule has 2 aromatic rings. The number of hydrogen-bond acceptors (Lipinski definition) is 4. The predicted molar refractivity (Wildman–Crippen MR) is 85.7 cm³/mol. The third-order valence-corrected chi connectivity index (χ3v) is 3.36. The molecule has 0 aliphatic carbocycles. The fourth-order valence-electron chi connectivity index (χ4n) is 2.13. The van der Waals surface area contributed by atoms with Crippen LogP contribution >= 0.6 is 0 Å². The molecule has 0 spiro atoms. The van der Waals surface area contributed by atoms with Crippen molar-refractivity contribution in [3.05, 3.63) is 65.2 Å². The first kappa shape index (κ1) is 15.6. The smallest absolute Gasteiger partial charge is 0.189 e. The van der Waals surface area contributed by atoms with E-state index in [4.69, 9.17) is 9.47 Å². The number of ketones is 1. The summed E-state index contributed by atoms with van der Waals surface area (Å²) < 4.78 is 10.3. The van der Waals surface area contributed by atoms with Crippen molar-refractivity contribution in [2.75, 3.05) is 14.2 Å². The maximum atomic E-state index is 12.2. The van der Waals surface area contributed by atoms with Gasteiger partial charge in [0.15, 0.2) is 17.3 Å². The highest BCUT2D eigenvalue weighted by molar-refractivity contribution is 6.08. The summed E-state index contributed by atoms with van der Waals surface area (Å²) in [5, 5.41) is 10.2. The first-order chi connectivity index (χ1) is 10.6. The quantitative estimate of drug-likeness (QED) is 0.518. The standard InChI is InChI=1S/C18H18O4/c1-12-6-4-5-7-14(12)16(20)11-15(19)13-8-9-17(21-2)18(10-13)22-3/h4-11,19H,1-3H3. The van der Waals surface area contributed by atoms with Gasteiger partial charge in [-0.15, -0.1) is 0 Å². The molecule has 0 saturated carbocycles. The van der Waals surface area contributed by atoms with E-state index in [9.17, 15) is 9.90 Å². The average molecular weight is 298 g/mol. The minimum absolute atomic E-state index is 0.116. The lowest BCUT2D eigenvalue weighted by atomic mass is 10.0. The summed E-state index contributed by atoms with van der Waals surface area (Å²) in [5.74, 6) is 0.687. The molecule has 2 rings (SSSR count). The highest BCUT2D eigenvalue weighted by Gasteiger charge is 2.11. The molecule has 0 aromatic heterocycles. The van der Waals surface area contributed by atoms with Crippen LogP contribution in [0.2, 0.25) is 0 Å². The molecule has 4 nitrogen and oxygen atoms in total. The van der Waals surface area contributed by atoms with E-state index in [1.807, 2.05) is 19.1 Å². The third-order valence-electron chi connectivity index (χ3n) is 3.36. The van der Waals surface area contributed by atoms with Gasteiger partial charge >= 0.3 is 0 Å². The summed E-state index contributed by atoms with van der Waals surface area (Å²) in [7, 11) is 3.05. The Morgan fingerprint density at radius 1 is 1.05 bits per heavy atom. The normalized spacial score (nSPS) is 11.1. The van der Waals surface area contributed by atoms with Crippen LogP contribution in [0, 0.1) is 6.92 Å². The molecule has 0 aliphatic heterocycles. The highest BCUT2D eigenvalue weighted by atomic mass is 16.5. The van der Waals surface area contributed by atoms with Crippen molar-refractivity contribution in [1.29, 1.82) is 0 Å². The van der Waals surface area contributed by atoms with Crippen LogP contribution in [0.1, 0.15) is 21.5 Å². The molecule has 0 saturated heterocycles. The number of benzene rings is 2. The number of ether oxygens (including phenoxy) is 2. The molecule has 0 atom stereocenters. The van der Waals surface area contributed by atoms with E-state index in [2.05, 4.69) is 0 Å². The van der Waals surface area contributed by atoms with E-state index in [0.29, 0.717) is 22.6 Å². The first-order valence-electron chi connectivity index (χ1n) is 6.80. The molecular weight excluding hydrogens is 280 g/mol. The molecule has 0 bridgehead atoms. The average Bonchev–Trinajstić information content (AvgIpc) is 2.54. The Morgan fingerprint density at radius 2 is 1.73 bits per heavy atom. The molecule has 0 unspecified atom stereocenters. The van der Waals surface area contributed by atoms with Gasteiger partial charge in [-0.1, -0.05) is 24.3 Å². The van der Waals surface area contributed by atoms with Crippen molar-refractivity contribution in [3.63, 3.8) is 0 Å². The molecule has 0 heterocycles.